The summed E-state index contributed by atoms with van der Waals surface area (Å²) in [6.45, 7) is 4.65. The van der Waals surface area contributed by atoms with Crippen molar-refractivity contribution < 1.29 is 13.2 Å². The van der Waals surface area contributed by atoms with Gasteiger partial charge in [0.1, 0.15) is 0 Å². The standard InChI is InChI=1S/C8H21N3O3S/c1-3-4-9-5-6-10-15(12,13)11-7-8-14-2/h9-11H,3-8H2,1-2H3. The van der Waals surface area contributed by atoms with Gasteiger partial charge in [-0.3, -0.25) is 0 Å². The van der Waals surface area contributed by atoms with Crippen LogP contribution in [0, 0.1) is 0 Å². The van der Waals surface area contributed by atoms with Crippen LogP contribution in [0.15, 0.2) is 0 Å². The Labute approximate surface area is 92.0 Å². The maximum absolute atomic E-state index is 11.2. The van der Waals surface area contributed by atoms with Gasteiger partial charge in [-0.1, -0.05) is 6.92 Å². The van der Waals surface area contributed by atoms with Gasteiger partial charge in [-0.2, -0.15) is 13.1 Å². The molecule has 0 spiro atoms. The van der Waals surface area contributed by atoms with Crippen molar-refractivity contribution in [3.63, 3.8) is 0 Å². The summed E-state index contributed by atoms with van der Waals surface area (Å²) in [6.07, 6.45) is 1.04. The second kappa shape index (κ2) is 9.05. The van der Waals surface area contributed by atoms with E-state index >= 15 is 0 Å². The highest BCUT2D eigenvalue weighted by Crippen LogP contribution is 1.76. The van der Waals surface area contributed by atoms with E-state index in [2.05, 4.69) is 21.7 Å². The van der Waals surface area contributed by atoms with Gasteiger partial charge in [-0.25, -0.2) is 4.72 Å². The van der Waals surface area contributed by atoms with Gasteiger partial charge >= 0.3 is 0 Å². The second-order valence-corrected chi connectivity index (χ2v) is 4.62. The summed E-state index contributed by atoms with van der Waals surface area (Å²) in [5.74, 6) is 0. The van der Waals surface area contributed by atoms with E-state index < -0.39 is 10.2 Å². The minimum atomic E-state index is -3.36. The van der Waals surface area contributed by atoms with Crippen LogP contribution >= 0.6 is 0 Å². The van der Waals surface area contributed by atoms with Crippen molar-refractivity contribution in [2.45, 2.75) is 13.3 Å². The average molecular weight is 239 g/mol. The summed E-state index contributed by atoms with van der Waals surface area (Å²) in [5, 5.41) is 3.10. The summed E-state index contributed by atoms with van der Waals surface area (Å²) >= 11 is 0. The molecule has 0 bridgehead atoms. The lowest BCUT2D eigenvalue weighted by molar-refractivity contribution is 0.204. The molecule has 6 nitrogen and oxygen atoms in total. The number of hydrogen-bond donors (Lipinski definition) is 3. The van der Waals surface area contributed by atoms with E-state index in [1.807, 2.05) is 0 Å². The van der Waals surface area contributed by atoms with Crippen LogP contribution in [0.4, 0.5) is 0 Å². The van der Waals surface area contributed by atoms with Crippen molar-refractivity contribution in [1.82, 2.24) is 14.8 Å². The van der Waals surface area contributed by atoms with Crippen LogP contribution in [0.2, 0.25) is 0 Å². The third kappa shape index (κ3) is 10.1. The molecule has 3 N–H and O–H groups in total. The quantitative estimate of drug-likeness (QED) is 0.430. The van der Waals surface area contributed by atoms with E-state index in [0.29, 0.717) is 19.7 Å². The Morgan fingerprint density at radius 1 is 1.07 bits per heavy atom. The molecule has 0 aliphatic heterocycles. The van der Waals surface area contributed by atoms with Crippen LogP contribution in [0.25, 0.3) is 0 Å². The van der Waals surface area contributed by atoms with Crippen molar-refractivity contribution in [3.8, 4) is 0 Å². The van der Waals surface area contributed by atoms with Gasteiger partial charge in [0.2, 0.25) is 0 Å². The Morgan fingerprint density at radius 2 is 1.73 bits per heavy atom. The Hall–Kier alpha value is -0.210. The topological polar surface area (TPSA) is 79.5 Å². The molecular formula is C8H21N3O3S. The first-order valence-electron chi connectivity index (χ1n) is 5.06. The number of ether oxygens (including phenoxy) is 1. The molecule has 0 atom stereocenters. The fourth-order valence-corrected chi connectivity index (χ4v) is 1.73. The highest BCUT2D eigenvalue weighted by atomic mass is 32.2. The first kappa shape index (κ1) is 14.8. The van der Waals surface area contributed by atoms with Crippen LogP contribution in [0.1, 0.15) is 13.3 Å². The molecule has 15 heavy (non-hydrogen) atoms. The minimum Gasteiger partial charge on any atom is -0.383 e. The maximum atomic E-state index is 11.2. The normalized spacial score (nSPS) is 11.9. The van der Waals surface area contributed by atoms with E-state index in [0.717, 1.165) is 13.0 Å². The van der Waals surface area contributed by atoms with E-state index in [1.54, 1.807) is 0 Å². The van der Waals surface area contributed by atoms with Crippen LogP contribution < -0.4 is 14.8 Å². The molecule has 0 aromatic heterocycles. The lowest BCUT2D eigenvalue weighted by Gasteiger charge is -2.08. The van der Waals surface area contributed by atoms with Crippen molar-refractivity contribution in [3.05, 3.63) is 0 Å². The summed E-state index contributed by atoms with van der Waals surface area (Å²) in [7, 11) is -1.84. The van der Waals surface area contributed by atoms with Crippen LogP contribution in [0.3, 0.4) is 0 Å². The molecule has 0 amide bonds. The number of hydrogen-bond acceptors (Lipinski definition) is 4. The SMILES string of the molecule is CCCNCCNS(=O)(=O)NCCOC. The molecule has 0 fully saturated rings. The van der Waals surface area contributed by atoms with Crippen molar-refractivity contribution >= 4 is 10.2 Å². The molecule has 0 rings (SSSR count). The minimum absolute atomic E-state index is 0.286. The van der Waals surface area contributed by atoms with Gasteiger partial charge < -0.3 is 10.1 Å². The largest absolute Gasteiger partial charge is 0.383 e. The fourth-order valence-electron chi connectivity index (χ4n) is 0.905. The molecule has 7 heteroatoms. The zero-order valence-electron chi connectivity index (χ0n) is 9.38. The summed E-state index contributed by atoms with van der Waals surface area (Å²) < 4.78 is 32.0. The molecule has 92 valence electrons. The van der Waals surface area contributed by atoms with Gasteiger partial charge in [0.15, 0.2) is 0 Å². The number of rotatable bonds is 10. The third-order valence-corrected chi connectivity index (χ3v) is 2.79. The van der Waals surface area contributed by atoms with Gasteiger partial charge in [-0.05, 0) is 13.0 Å². The van der Waals surface area contributed by atoms with Gasteiger partial charge in [0.25, 0.3) is 10.2 Å². The Kier molecular flexibility index (Phi) is 8.92. The molecule has 0 aromatic rings. The van der Waals surface area contributed by atoms with E-state index in [4.69, 9.17) is 4.74 Å². The lowest BCUT2D eigenvalue weighted by atomic mass is 10.5. The highest BCUT2D eigenvalue weighted by Gasteiger charge is 2.06. The molecule has 0 aliphatic carbocycles. The predicted molar refractivity (Wildman–Crippen MR) is 60.0 cm³/mol. The van der Waals surface area contributed by atoms with Gasteiger partial charge in [-0.15, -0.1) is 0 Å². The smallest absolute Gasteiger partial charge is 0.277 e. The molecular weight excluding hydrogens is 218 g/mol. The summed E-state index contributed by atoms with van der Waals surface area (Å²) in [4.78, 5) is 0. The molecule has 0 aliphatic rings. The van der Waals surface area contributed by atoms with Crippen molar-refractivity contribution in [2.24, 2.45) is 0 Å². The number of nitrogens with one attached hydrogen (secondary N) is 3. The monoisotopic (exact) mass is 239 g/mol. The van der Waals surface area contributed by atoms with E-state index in [-0.39, 0.29) is 6.54 Å². The Bertz CT molecular complexity index is 231. The van der Waals surface area contributed by atoms with Crippen LogP contribution in [0.5, 0.6) is 0 Å². The Morgan fingerprint density at radius 3 is 2.33 bits per heavy atom. The molecule has 0 aromatic carbocycles. The number of methoxy groups -OCH3 is 1. The maximum Gasteiger partial charge on any atom is 0.277 e. The second-order valence-electron chi connectivity index (χ2n) is 3.03. The third-order valence-electron chi connectivity index (χ3n) is 1.62. The first-order valence-corrected chi connectivity index (χ1v) is 6.54. The summed E-state index contributed by atoms with van der Waals surface area (Å²) in [5.41, 5.74) is 0. The average Bonchev–Trinajstić information content (AvgIpc) is 2.17. The fraction of sp³-hybridized carbons (Fsp3) is 1.00. The van der Waals surface area contributed by atoms with Crippen molar-refractivity contribution in [2.75, 3.05) is 39.9 Å². The molecule has 0 saturated heterocycles. The van der Waals surface area contributed by atoms with Gasteiger partial charge in [0.05, 0.1) is 6.61 Å². The first-order chi connectivity index (χ1) is 7.12. The van der Waals surface area contributed by atoms with E-state index in [1.165, 1.54) is 7.11 Å². The van der Waals surface area contributed by atoms with Gasteiger partial charge in [0, 0.05) is 26.7 Å². The van der Waals surface area contributed by atoms with Crippen LogP contribution in [-0.2, 0) is 14.9 Å². The molecule has 0 radical (unpaired) electrons. The molecule has 0 heterocycles. The zero-order chi connectivity index (χ0) is 11.6. The highest BCUT2D eigenvalue weighted by molar-refractivity contribution is 7.87. The molecule has 0 saturated carbocycles. The lowest BCUT2D eigenvalue weighted by Crippen LogP contribution is -2.41. The van der Waals surface area contributed by atoms with Crippen molar-refractivity contribution in [1.29, 1.82) is 0 Å². The molecule has 0 unspecified atom stereocenters. The predicted octanol–water partition coefficient (Wildman–Crippen LogP) is -0.944. The Balaban J connectivity index is 3.47. The van der Waals surface area contributed by atoms with Crippen LogP contribution in [-0.4, -0.2) is 48.3 Å². The summed E-state index contributed by atoms with van der Waals surface area (Å²) in [6, 6.07) is 0. The zero-order valence-corrected chi connectivity index (χ0v) is 10.2. The van der Waals surface area contributed by atoms with E-state index in [9.17, 15) is 8.42 Å².